The van der Waals surface area contributed by atoms with Crippen molar-refractivity contribution in [3.63, 3.8) is 0 Å². The Hall–Kier alpha value is -1.31. The van der Waals surface area contributed by atoms with Gasteiger partial charge in [-0.1, -0.05) is 6.92 Å². The van der Waals surface area contributed by atoms with E-state index in [2.05, 4.69) is 15.6 Å². The van der Waals surface area contributed by atoms with Crippen molar-refractivity contribution in [2.75, 3.05) is 45.8 Å². The summed E-state index contributed by atoms with van der Waals surface area (Å²) < 4.78 is 38.8. The molecule has 0 bridgehead atoms. The molecule has 0 saturated carbocycles. The topological polar surface area (TPSA) is 80.3 Å². The smallest absolute Gasteiger partial charge is 0.357 e. The highest BCUT2D eigenvalue weighted by atomic mass is 127. The number of hydrogen-bond donors (Lipinski definition) is 2. The lowest BCUT2D eigenvalue weighted by Gasteiger charge is -2.39. The van der Waals surface area contributed by atoms with Gasteiger partial charge in [0.25, 0.3) is 5.91 Å². The molecule has 0 aliphatic carbocycles. The summed E-state index contributed by atoms with van der Waals surface area (Å²) in [5.41, 5.74) is -0.845. The summed E-state index contributed by atoms with van der Waals surface area (Å²) in [7, 11) is 0. The van der Waals surface area contributed by atoms with Crippen LogP contribution in [0.1, 0.15) is 40.5 Å². The standard InChI is InChI=1S/C19H33F3N6O2.HI/c1-5-18(4)15(29)28(17(30)25-18)9-7-8-24-16(23-6-2)27-12-10-26(11-13-27)14(3)19(20,21)22;/h14H,5-13H2,1-4H3,(H,23,24)(H,25,30);1H. The van der Waals surface area contributed by atoms with Gasteiger partial charge < -0.3 is 15.5 Å². The van der Waals surface area contributed by atoms with Gasteiger partial charge in [-0.15, -0.1) is 24.0 Å². The van der Waals surface area contributed by atoms with E-state index in [1.54, 1.807) is 6.92 Å². The van der Waals surface area contributed by atoms with Gasteiger partial charge in [0.2, 0.25) is 0 Å². The van der Waals surface area contributed by atoms with E-state index < -0.39 is 17.8 Å². The van der Waals surface area contributed by atoms with E-state index in [1.807, 2.05) is 18.7 Å². The number of urea groups is 1. The number of imide groups is 1. The van der Waals surface area contributed by atoms with Crippen LogP contribution in [0.15, 0.2) is 4.99 Å². The van der Waals surface area contributed by atoms with Crippen molar-refractivity contribution in [2.45, 2.75) is 58.3 Å². The molecule has 2 saturated heterocycles. The molecule has 8 nitrogen and oxygen atoms in total. The van der Waals surface area contributed by atoms with E-state index in [-0.39, 0.29) is 42.5 Å². The Morgan fingerprint density at radius 2 is 1.84 bits per heavy atom. The lowest BCUT2D eigenvalue weighted by molar-refractivity contribution is -0.181. The molecule has 2 aliphatic heterocycles. The molecule has 3 amide bonds. The predicted octanol–water partition coefficient (Wildman–Crippen LogP) is 2.25. The minimum Gasteiger partial charge on any atom is -0.357 e. The number of rotatable bonds is 7. The minimum absolute atomic E-state index is 0. The Labute approximate surface area is 199 Å². The number of hydrogen-bond acceptors (Lipinski definition) is 4. The van der Waals surface area contributed by atoms with Crippen molar-refractivity contribution >= 4 is 41.9 Å². The maximum absolute atomic E-state index is 12.9. The molecular formula is C19H34F3IN6O2. The Morgan fingerprint density at radius 3 is 2.32 bits per heavy atom. The largest absolute Gasteiger partial charge is 0.403 e. The second kappa shape index (κ2) is 11.5. The van der Waals surface area contributed by atoms with Crippen LogP contribution in [0.4, 0.5) is 18.0 Å². The molecule has 2 aliphatic rings. The molecule has 0 aromatic rings. The van der Waals surface area contributed by atoms with Crippen LogP contribution in [0.5, 0.6) is 0 Å². The van der Waals surface area contributed by atoms with Crippen molar-refractivity contribution in [3.05, 3.63) is 0 Å². The maximum atomic E-state index is 12.9. The van der Waals surface area contributed by atoms with Crippen LogP contribution in [0.2, 0.25) is 0 Å². The number of halogens is 4. The summed E-state index contributed by atoms with van der Waals surface area (Å²) >= 11 is 0. The highest BCUT2D eigenvalue weighted by Gasteiger charge is 2.46. The zero-order valence-electron chi connectivity index (χ0n) is 18.6. The number of carbonyl (C=O) groups excluding carboxylic acids is 2. The molecular weight excluding hydrogens is 528 g/mol. The third kappa shape index (κ3) is 6.83. The molecule has 2 unspecified atom stereocenters. The SMILES string of the molecule is CCNC(=NCCCN1C(=O)NC(C)(CC)C1=O)N1CCN(C(C)C(F)(F)F)CC1.I. The highest BCUT2D eigenvalue weighted by Crippen LogP contribution is 2.25. The zero-order chi connectivity index (χ0) is 22.5. The van der Waals surface area contributed by atoms with Crippen molar-refractivity contribution in [3.8, 4) is 0 Å². The number of amides is 3. The molecule has 2 atom stereocenters. The van der Waals surface area contributed by atoms with Gasteiger partial charge in [0.15, 0.2) is 5.96 Å². The van der Waals surface area contributed by atoms with Gasteiger partial charge in [0.05, 0.1) is 0 Å². The van der Waals surface area contributed by atoms with Crippen LogP contribution < -0.4 is 10.6 Å². The van der Waals surface area contributed by atoms with Gasteiger partial charge in [0, 0.05) is 45.8 Å². The monoisotopic (exact) mass is 562 g/mol. The van der Waals surface area contributed by atoms with Gasteiger partial charge in [0.1, 0.15) is 11.6 Å². The van der Waals surface area contributed by atoms with Crippen molar-refractivity contribution in [2.24, 2.45) is 4.99 Å². The fourth-order valence-electron chi connectivity index (χ4n) is 3.56. The number of piperazine rings is 1. The van der Waals surface area contributed by atoms with E-state index in [9.17, 15) is 22.8 Å². The summed E-state index contributed by atoms with van der Waals surface area (Å²) in [5.74, 6) is 0.424. The quantitative estimate of drug-likeness (QED) is 0.164. The van der Waals surface area contributed by atoms with E-state index >= 15 is 0 Å². The van der Waals surface area contributed by atoms with E-state index in [0.29, 0.717) is 58.1 Å². The molecule has 12 heteroatoms. The first-order valence-electron chi connectivity index (χ1n) is 10.5. The lowest BCUT2D eigenvalue weighted by Crippen LogP contribution is -2.56. The summed E-state index contributed by atoms with van der Waals surface area (Å²) in [6.07, 6.45) is -3.19. The summed E-state index contributed by atoms with van der Waals surface area (Å²) in [6, 6.07) is -1.84. The summed E-state index contributed by atoms with van der Waals surface area (Å²) in [4.78, 5) is 33.6. The van der Waals surface area contributed by atoms with Gasteiger partial charge in [-0.25, -0.2) is 4.79 Å². The number of nitrogens with zero attached hydrogens (tertiary/aromatic N) is 4. The molecule has 2 fully saturated rings. The van der Waals surface area contributed by atoms with Gasteiger partial charge in [-0.3, -0.25) is 19.6 Å². The Kier molecular flexibility index (Phi) is 10.3. The van der Waals surface area contributed by atoms with E-state index in [0.717, 1.165) is 0 Å². The Balaban J connectivity index is 0.00000480. The number of nitrogens with one attached hydrogen (secondary N) is 2. The first-order chi connectivity index (χ1) is 14.0. The van der Waals surface area contributed by atoms with Crippen molar-refractivity contribution in [1.82, 2.24) is 25.3 Å². The number of carbonyl (C=O) groups is 2. The minimum atomic E-state index is -4.23. The highest BCUT2D eigenvalue weighted by molar-refractivity contribution is 14.0. The second-order valence-corrected chi connectivity index (χ2v) is 7.90. The van der Waals surface area contributed by atoms with Gasteiger partial charge >= 0.3 is 12.2 Å². The average Bonchev–Trinajstić information content (AvgIpc) is 2.92. The number of aliphatic imine (C=N–C) groups is 1. The van der Waals surface area contributed by atoms with Crippen LogP contribution in [0.25, 0.3) is 0 Å². The molecule has 2 rings (SSSR count). The third-order valence-corrected chi connectivity index (χ3v) is 5.82. The van der Waals surface area contributed by atoms with Gasteiger partial charge in [-0.2, -0.15) is 13.2 Å². The number of guanidine groups is 1. The van der Waals surface area contributed by atoms with Crippen LogP contribution >= 0.6 is 24.0 Å². The predicted molar refractivity (Wildman–Crippen MR) is 124 cm³/mol. The van der Waals surface area contributed by atoms with Crippen LogP contribution in [-0.2, 0) is 4.79 Å². The second-order valence-electron chi connectivity index (χ2n) is 7.90. The molecule has 0 spiro atoms. The van der Waals surface area contributed by atoms with E-state index in [4.69, 9.17) is 0 Å². The first kappa shape index (κ1) is 27.7. The van der Waals surface area contributed by atoms with Gasteiger partial charge in [-0.05, 0) is 33.6 Å². The zero-order valence-corrected chi connectivity index (χ0v) is 20.9. The molecule has 0 aromatic heterocycles. The van der Waals surface area contributed by atoms with Crippen LogP contribution in [0, 0.1) is 0 Å². The fraction of sp³-hybridized carbons (Fsp3) is 0.842. The molecule has 0 radical (unpaired) electrons. The maximum Gasteiger partial charge on any atom is 0.403 e. The third-order valence-electron chi connectivity index (χ3n) is 5.82. The van der Waals surface area contributed by atoms with Crippen molar-refractivity contribution < 1.29 is 22.8 Å². The summed E-state index contributed by atoms with van der Waals surface area (Å²) in [6.45, 7) is 9.53. The molecule has 2 heterocycles. The fourth-order valence-corrected chi connectivity index (χ4v) is 3.56. The Morgan fingerprint density at radius 1 is 1.23 bits per heavy atom. The lowest BCUT2D eigenvalue weighted by atomic mass is 9.99. The molecule has 2 N–H and O–H groups in total. The number of alkyl halides is 3. The normalized spacial score (nSPS) is 24.2. The molecule has 31 heavy (non-hydrogen) atoms. The Bertz CT molecular complexity index is 655. The molecule has 0 aromatic carbocycles. The average molecular weight is 562 g/mol. The van der Waals surface area contributed by atoms with Crippen LogP contribution in [0.3, 0.4) is 0 Å². The van der Waals surface area contributed by atoms with E-state index in [1.165, 1.54) is 16.7 Å². The first-order valence-corrected chi connectivity index (χ1v) is 10.5. The van der Waals surface area contributed by atoms with Crippen molar-refractivity contribution in [1.29, 1.82) is 0 Å². The summed E-state index contributed by atoms with van der Waals surface area (Å²) in [5, 5.41) is 5.89. The van der Waals surface area contributed by atoms with Crippen LogP contribution in [-0.4, -0.2) is 96.2 Å². The molecule has 180 valence electrons.